The Morgan fingerprint density at radius 3 is 2.78 bits per heavy atom. The summed E-state index contributed by atoms with van der Waals surface area (Å²) in [4.78, 5) is 13.5. The number of thioether (sulfide) groups is 2. The van der Waals surface area contributed by atoms with Gasteiger partial charge < -0.3 is 10.6 Å². The van der Waals surface area contributed by atoms with Crippen molar-refractivity contribution in [2.24, 2.45) is 0 Å². The Bertz CT molecular complexity index is 934. The molecule has 1 amide bonds. The normalized spacial score (nSPS) is 11.8. The zero-order valence-corrected chi connectivity index (χ0v) is 17.1. The topological polar surface area (TPSA) is 66.9 Å². The van der Waals surface area contributed by atoms with Crippen molar-refractivity contribution in [1.29, 1.82) is 0 Å². The summed E-state index contributed by atoms with van der Waals surface area (Å²) in [5.41, 5.74) is 1.40. The first-order valence-electron chi connectivity index (χ1n) is 8.02. The van der Waals surface area contributed by atoms with Crippen LogP contribution in [0.3, 0.4) is 0 Å². The summed E-state index contributed by atoms with van der Waals surface area (Å²) in [6, 6.07) is 13.8. The highest BCUT2D eigenvalue weighted by atomic mass is 32.2. The van der Waals surface area contributed by atoms with E-state index in [1.165, 1.54) is 35.2 Å². The lowest BCUT2D eigenvalue weighted by atomic mass is 10.3. The number of para-hydroxylation sites is 1. The molecule has 0 saturated carbocycles. The van der Waals surface area contributed by atoms with Gasteiger partial charge in [0.2, 0.25) is 11.0 Å². The highest BCUT2D eigenvalue weighted by molar-refractivity contribution is 8.02. The molecule has 3 aromatic rings. The second kappa shape index (κ2) is 9.20. The Balaban J connectivity index is 1.60. The molecule has 0 saturated heterocycles. The molecule has 1 aromatic heterocycles. The van der Waals surface area contributed by atoms with Gasteiger partial charge in [-0.25, -0.2) is 4.39 Å². The number of rotatable bonds is 7. The van der Waals surface area contributed by atoms with Gasteiger partial charge in [0.1, 0.15) is 5.82 Å². The van der Waals surface area contributed by atoms with Gasteiger partial charge in [0.15, 0.2) is 4.34 Å². The molecule has 0 aliphatic carbocycles. The SMILES string of the molecule is CSc1ccccc1NC(=O)C(C)Sc1nnc(Nc2cccc(F)c2)s1. The van der Waals surface area contributed by atoms with Crippen molar-refractivity contribution in [3.8, 4) is 0 Å². The van der Waals surface area contributed by atoms with Crippen LogP contribution in [0, 0.1) is 5.82 Å². The second-order valence-corrected chi connectivity index (χ2v) is 8.87. The number of benzene rings is 2. The number of aromatic nitrogens is 2. The highest BCUT2D eigenvalue weighted by Crippen LogP contribution is 2.31. The molecule has 27 heavy (non-hydrogen) atoms. The van der Waals surface area contributed by atoms with Gasteiger partial charge in [-0.1, -0.05) is 41.3 Å². The minimum Gasteiger partial charge on any atom is -0.330 e. The van der Waals surface area contributed by atoms with E-state index in [0.717, 1.165) is 10.6 Å². The van der Waals surface area contributed by atoms with Crippen LogP contribution in [0.2, 0.25) is 0 Å². The van der Waals surface area contributed by atoms with E-state index in [1.807, 2.05) is 37.4 Å². The molecule has 140 valence electrons. The van der Waals surface area contributed by atoms with Gasteiger partial charge >= 0.3 is 0 Å². The van der Waals surface area contributed by atoms with Crippen molar-refractivity contribution in [3.05, 3.63) is 54.3 Å². The maximum Gasteiger partial charge on any atom is 0.237 e. The molecule has 2 N–H and O–H groups in total. The summed E-state index contributed by atoms with van der Waals surface area (Å²) in [5.74, 6) is -0.425. The molecule has 0 aliphatic heterocycles. The van der Waals surface area contributed by atoms with E-state index in [9.17, 15) is 9.18 Å². The third-order valence-corrected chi connectivity index (χ3v) is 6.31. The average molecular weight is 421 g/mol. The molecule has 1 heterocycles. The monoisotopic (exact) mass is 420 g/mol. The number of nitrogens with zero attached hydrogens (tertiary/aromatic N) is 2. The molecule has 2 aromatic carbocycles. The summed E-state index contributed by atoms with van der Waals surface area (Å²) in [6.45, 7) is 1.82. The Morgan fingerprint density at radius 2 is 2.00 bits per heavy atom. The van der Waals surface area contributed by atoms with Gasteiger partial charge in [-0.05, 0) is 43.5 Å². The minimum absolute atomic E-state index is 0.101. The lowest BCUT2D eigenvalue weighted by Crippen LogP contribution is -2.22. The summed E-state index contributed by atoms with van der Waals surface area (Å²) in [5, 5.41) is 14.3. The molecule has 5 nitrogen and oxygen atoms in total. The van der Waals surface area contributed by atoms with Crippen LogP contribution in [0.25, 0.3) is 0 Å². The summed E-state index contributed by atoms with van der Waals surface area (Å²) < 4.78 is 13.9. The first-order valence-corrected chi connectivity index (χ1v) is 10.9. The predicted molar refractivity (Wildman–Crippen MR) is 112 cm³/mol. The fourth-order valence-electron chi connectivity index (χ4n) is 2.18. The minimum atomic E-state index is -0.338. The average Bonchev–Trinajstić information content (AvgIpc) is 3.09. The van der Waals surface area contributed by atoms with Crippen LogP contribution in [0.5, 0.6) is 0 Å². The van der Waals surface area contributed by atoms with E-state index in [2.05, 4.69) is 20.8 Å². The first kappa shape index (κ1) is 19.7. The van der Waals surface area contributed by atoms with Crippen molar-refractivity contribution in [1.82, 2.24) is 10.2 Å². The smallest absolute Gasteiger partial charge is 0.237 e. The van der Waals surface area contributed by atoms with Crippen LogP contribution in [0.15, 0.2) is 57.8 Å². The lowest BCUT2D eigenvalue weighted by molar-refractivity contribution is -0.115. The van der Waals surface area contributed by atoms with E-state index < -0.39 is 0 Å². The van der Waals surface area contributed by atoms with E-state index in [0.29, 0.717) is 15.2 Å². The number of carbonyl (C=O) groups is 1. The van der Waals surface area contributed by atoms with Gasteiger partial charge in [0.05, 0.1) is 10.9 Å². The Kier molecular flexibility index (Phi) is 6.70. The number of nitrogens with one attached hydrogen (secondary N) is 2. The van der Waals surface area contributed by atoms with E-state index in [-0.39, 0.29) is 17.0 Å². The summed E-state index contributed by atoms with van der Waals surface area (Å²) in [7, 11) is 0. The van der Waals surface area contributed by atoms with Crippen molar-refractivity contribution in [2.45, 2.75) is 21.4 Å². The van der Waals surface area contributed by atoms with Crippen LogP contribution < -0.4 is 10.6 Å². The number of anilines is 3. The third-order valence-electron chi connectivity index (χ3n) is 3.49. The van der Waals surface area contributed by atoms with E-state index in [1.54, 1.807) is 23.9 Å². The number of hydrogen-bond donors (Lipinski definition) is 2. The molecule has 0 bridgehead atoms. The number of hydrogen-bond acceptors (Lipinski definition) is 7. The molecule has 0 radical (unpaired) electrons. The van der Waals surface area contributed by atoms with Crippen molar-refractivity contribution >= 4 is 57.3 Å². The largest absolute Gasteiger partial charge is 0.330 e. The van der Waals surface area contributed by atoms with Gasteiger partial charge in [-0.2, -0.15) is 0 Å². The standard InChI is InChI=1S/C18H17FN4OS3/c1-11(16(24)21-14-8-3-4-9-15(14)25-2)26-18-23-22-17(27-18)20-13-7-5-6-12(19)10-13/h3-11H,1-2H3,(H,20,22)(H,21,24). The van der Waals surface area contributed by atoms with Gasteiger partial charge in [-0.3, -0.25) is 4.79 Å². The summed E-state index contributed by atoms with van der Waals surface area (Å²) in [6.07, 6.45) is 1.97. The number of halogens is 1. The Hall–Kier alpha value is -2.10. The van der Waals surface area contributed by atoms with Gasteiger partial charge in [0, 0.05) is 10.6 Å². The molecule has 0 aliphatic rings. The van der Waals surface area contributed by atoms with Gasteiger partial charge in [-0.15, -0.1) is 22.0 Å². The number of carbonyl (C=O) groups excluding carboxylic acids is 1. The molecule has 0 fully saturated rings. The zero-order chi connectivity index (χ0) is 19.2. The summed E-state index contributed by atoms with van der Waals surface area (Å²) >= 11 is 4.23. The quantitative estimate of drug-likeness (QED) is 0.508. The zero-order valence-electron chi connectivity index (χ0n) is 14.6. The van der Waals surface area contributed by atoms with E-state index >= 15 is 0 Å². The van der Waals surface area contributed by atoms with Crippen molar-refractivity contribution in [2.75, 3.05) is 16.9 Å². The Morgan fingerprint density at radius 1 is 1.19 bits per heavy atom. The molecule has 0 spiro atoms. The van der Waals surface area contributed by atoms with Crippen LogP contribution in [0.4, 0.5) is 20.9 Å². The molecule has 1 atom stereocenters. The maximum atomic E-state index is 13.2. The Labute approximate surface area is 169 Å². The fourth-order valence-corrected chi connectivity index (χ4v) is 4.65. The fraction of sp³-hybridized carbons (Fsp3) is 0.167. The van der Waals surface area contributed by atoms with Gasteiger partial charge in [0.25, 0.3) is 0 Å². The van der Waals surface area contributed by atoms with Crippen LogP contribution in [0.1, 0.15) is 6.92 Å². The van der Waals surface area contributed by atoms with Crippen LogP contribution in [-0.4, -0.2) is 27.6 Å². The third kappa shape index (κ3) is 5.44. The molecule has 9 heteroatoms. The highest BCUT2D eigenvalue weighted by Gasteiger charge is 2.18. The van der Waals surface area contributed by atoms with Crippen molar-refractivity contribution in [3.63, 3.8) is 0 Å². The molecule has 3 rings (SSSR count). The molecular weight excluding hydrogens is 403 g/mol. The molecule has 1 unspecified atom stereocenters. The lowest BCUT2D eigenvalue weighted by Gasteiger charge is -2.12. The predicted octanol–water partition coefficient (Wildman–Crippen LogP) is 5.26. The van der Waals surface area contributed by atoms with Crippen molar-refractivity contribution < 1.29 is 9.18 Å². The van der Waals surface area contributed by atoms with Crippen LogP contribution >= 0.6 is 34.9 Å². The maximum absolute atomic E-state index is 13.2. The van der Waals surface area contributed by atoms with E-state index in [4.69, 9.17) is 0 Å². The first-order chi connectivity index (χ1) is 13.0. The number of amides is 1. The molecular formula is C18H17FN4OS3. The van der Waals surface area contributed by atoms with Crippen LogP contribution in [-0.2, 0) is 4.79 Å². The second-order valence-electron chi connectivity index (χ2n) is 5.46.